The SMILES string of the molecule is CC(C)CCCN1CCC(c2ccc(C#N)cc2)CC1. The lowest BCUT2D eigenvalue weighted by atomic mass is 9.89. The predicted octanol–water partition coefficient (Wildman–Crippen LogP) is 4.17. The van der Waals surface area contributed by atoms with Gasteiger partial charge in [0.1, 0.15) is 0 Å². The second kappa shape index (κ2) is 7.45. The Morgan fingerprint density at radius 2 is 1.85 bits per heavy atom. The smallest absolute Gasteiger partial charge is 0.0991 e. The highest BCUT2D eigenvalue weighted by Crippen LogP contribution is 2.28. The lowest BCUT2D eigenvalue weighted by molar-refractivity contribution is 0.206. The molecule has 1 fully saturated rings. The van der Waals surface area contributed by atoms with E-state index in [1.165, 1.54) is 50.9 Å². The van der Waals surface area contributed by atoms with Crippen molar-refractivity contribution in [3.05, 3.63) is 35.4 Å². The van der Waals surface area contributed by atoms with E-state index in [-0.39, 0.29) is 0 Å². The minimum absolute atomic E-state index is 0.684. The van der Waals surface area contributed by atoms with Crippen molar-refractivity contribution in [1.82, 2.24) is 4.90 Å². The fourth-order valence-electron chi connectivity index (χ4n) is 3.04. The number of nitriles is 1. The van der Waals surface area contributed by atoms with Crippen molar-refractivity contribution in [2.45, 2.75) is 45.4 Å². The zero-order valence-corrected chi connectivity index (χ0v) is 12.8. The van der Waals surface area contributed by atoms with Gasteiger partial charge in [-0.3, -0.25) is 0 Å². The number of hydrogen-bond donors (Lipinski definition) is 0. The summed E-state index contributed by atoms with van der Waals surface area (Å²) in [7, 11) is 0. The second-order valence-electron chi connectivity index (χ2n) is 6.39. The van der Waals surface area contributed by atoms with Crippen molar-refractivity contribution >= 4 is 0 Å². The predicted molar refractivity (Wildman–Crippen MR) is 83.6 cm³/mol. The van der Waals surface area contributed by atoms with Gasteiger partial charge in [-0.1, -0.05) is 26.0 Å². The van der Waals surface area contributed by atoms with Crippen LogP contribution in [-0.4, -0.2) is 24.5 Å². The number of hydrogen-bond acceptors (Lipinski definition) is 2. The van der Waals surface area contributed by atoms with Crippen LogP contribution in [0.5, 0.6) is 0 Å². The summed E-state index contributed by atoms with van der Waals surface area (Å²) in [4.78, 5) is 2.61. The first-order valence-corrected chi connectivity index (χ1v) is 7.91. The maximum Gasteiger partial charge on any atom is 0.0991 e. The molecular weight excluding hydrogens is 244 g/mol. The van der Waals surface area contributed by atoms with Gasteiger partial charge in [-0.25, -0.2) is 0 Å². The van der Waals surface area contributed by atoms with E-state index in [1.54, 1.807) is 0 Å². The maximum absolute atomic E-state index is 8.84. The third kappa shape index (κ3) is 4.35. The van der Waals surface area contributed by atoms with Crippen LogP contribution in [0.25, 0.3) is 0 Å². The first-order chi connectivity index (χ1) is 9.69. The molecule has 1 heterocycles. The Kier molecular flexibility index (Phi) is 5.61. The molecule has 0 bridgehead atoms. The van der Waals surface area contributed by atoms with Crippen LogP contribution in [0, 0.1) is 17.2 Å². The van der Waals surface area contributed by atoms with Gasteiger partial charge >= 0.3 is 0 Å². The Hall–Kier alpha value is -1.33. The standard InChI is InChI=1S/C18H26N2/c1-15(2)4-3-11-20-12-9-18(10-13-20)17-7-5-16(14-19)6-8-17/h5-8,15,18H,3-4,9-13H2,1-2H3. The molecule has 0 atom stereocenters. The Balaban J connectivity index is 1.77. The summed E-state index contributed by atoms with van der Waals surface area (Å²) in [6.45, 7) is 8.32. The minimum atomic E-state index is 0.684. The Morgan fingerprint density at radius 3 is 2.40 bits per heavy atom. The molecule has 2 nitrogen and oxygen atoms in total. The molecule has 0 aromatic heterocycles. The number of likely N-dealkylation sites (tertiary alicyclic amines) is 1. The van der Waals surface area contributed by atoms with Crippen LogP contribution >= 0.6 is 0 Å². The summed E-state index contributed by atoms with van der Waals surface area (Å²) in [5, 5.41) is 8.84. The highest BCUT2D eigenvalue weighted by molar-refractivity contribution is 5.33. The average Bonchev–Trinajstić information content (AvgIpc) is 2.48. The molecule has 1 aromatic rings. The highest BCUT2D eigenvalue weighted by atomic mass is 15.1. The van der Waals surface area contributed by atoms with Gasteiger partial charge in [0.25, 0.3) is 0 Å². The maximum atomic E-state index is 8.84. The number of piperidine rings is 1. The largest absolute Gasteiger partial charge is 0.303 e. The van der Waals surface area contributed by atoms with Gasteiger partial charge in [0, 0.05) is 0 Å². The third-order valence-electron chi connectivity index (χ3n) is 4.35. The first kappa shape index (κ1) is 15.1. The van der Waals surface area contributed by atoms with E-state index in [2.05, 4.69) is 36.9 Å². The van der Waals surface area contributed by atoms with E-state index < -0.39 is 0 Å². The monoisotopic (exact) mass is 270 g/mol. The topological polar surface area (TPSA) is 27.0 Å². The molecule has 20 heavy (non-hydrogen) atoms. The van der Waals surface area contributed by atoms with Crippen LogP contribution in [0.4, 0.5) is 0 Å². The molecule has 0 saturated carbocycles. The molecule has 0 amide bonds. The molecule has 1 saturated heterocycles. The summed E-state index contributed by atoms with van der Waals surface area (Å²) < 4.78 is 0. The molecule has 2 rings (SSSR count). The average molecular weight is 270 g/mol. The lowest BCUT2D eigenvalue weighted by Crippen LogP contribution is -2.33. The van der Waals surface area contributed by atoms with Gasteiger partial charge in [0.05, 0.1) is 11.6 Å². The minimum Gasteiger partial charge on any atom is -0.303 e. The Labute approximate surface area is 123 Å². The van der Waals surface area contributed by atoms with E-state index in [4.69, 9.17) is 5.26 Å². The van der Waals surface area contributed by atoms with Gasteiger partial charge in [0.15, 0.2) is 0 Å². The quantitative estimate of drug-likeness (QED) is 0.802. The van der Waals surface area contributed by atoms with Crippen molar-refractivity contribution < 1.29 is 0 Å². The van der Waals surface area contributed by atoms with E-state index in [0.717, 1.165) is 11.5 Å². The van der Waals surface area contributed by atoms with E-state index in [1.807, 2.05) is 12.1 Å². The summed E-state index contributed by atoms with van der Waals surface area (Å²) in [6.07, 6.45) is 5.19. The second-order valence-corrected chi connectivity index (χ2v) is 6.39. The molecule has 1 aromatic carbocycles. The molecule has 1 aliphatic heterocycles. The van der Waals surface area contributed by atoms with Crippen LogP contribution in [0.2, 0.25) is 0 Å². The summed E-state index contributed by atoms with van der Waals surface area (Å²) in [5.41, 5.74) is 2.17. The lowest BCUT2D eigenvalue weighted by Gasteiger charge is -2.32. The van der Waals surface area contributed by atoms with Crippen LogP contribution in [-0.2, 0) is 0 Å². The molecule has 2 heteroatoms. The molecule has 0 aliphatic carbocycles. The Morgan fingerprint density at radius 1 is 1.20 bits per heavy atom. The van der Waals surface area contributed by atoms with E-state index in [0.29, 0.717) is 5.92 Å². The molecule has 1 aliphatic rings. The highest BCUT2D eigenvalue weighted by Gasteiger charge is 2.20. The van der Waals surface area contributed by atoms with Crippen molar-refractivity contribution in [2.24, 2.45) is 5.92 Å². The third-order valence-corrected chi connectivity index (χ3v) is 4.35. The summed E-state index contributed by atoms with van der Waals surface area (Å²) in [5.74, 6) is 1.51. The first-order valence-electron chi connectivity index (χ1n) is 7.91. The van der Waals surface area contributed by atoms with Crippen LogP contribution < -0.4 is 0 Å². The zero-order valence-electron chi connectivity index (χ0n) is 12.8. The molecule has 0 unspecified atom stereocenters. The molecule has 108 valence electrons. The van der Waals surface area contributed by atoms with Crippen molar-refractivity contribution in [3.8, 4) is 6.07 Å². The van der Waals surface area contributed by atoms with E-state index in [9.17, 15) is 0 Å². The van der Waals surface area contributed by atoms with Crippen LogP contribution in [0.1, 0.15) is 56.6 Å². The van der Waals surface area contributed by atoms with Gasteiger partial charge in [-0.05, 0) is 74.8 Å². The number of benzene rings is 1. The normalized spacial score (nSPS) is 17.3. The number of rotatable bonds is 5. The van der Waals surface area contributed by atoms with E-state index >= 15 is 0 Å². The van der Waals surface area contributed by atoms with Crippen molar-refractivity contribution in [3.63, 3.8) is 0 Å². The van der Waals surface area contributed by atoms with Gasteiger partial charge in [-0.15, -0.1) is 0 Å². The van der Waals surface area contributed by atoms with Gasteiger partial charge < -0.3 is 4.90 Å². The molecule has 0 N–H and O–H groups in total. The molecular formula is C18H26N2. The zero-order chi connectivity index (χ0) is 14.4. The summed E-state index contributed by atoms with van der Waals surface area (Å²) in [6, 6.07) is 10.4. The van der Waals surface area contributed by atoms with Crippen molar-refractivity contribution in [1.29, 1.82) is 5.26 Å². The number of nitrogens with zero attached hydrogens (tertiary/aromatic N) is 2. The molecule has 0 radical (unpaired) electrons. The fraction of sp³-hybridized carbons (Fsp3) is 0.611. The van der Waals surface area contributed by atoms with Crippen LogP contribution in [0.15, 0.2) is 24.3 Å². The van der Waals surface area contributed by atoms with Crippen LogP contribution in [0.3, 0.4) is 0 Å². The summed E-state index contributed by atoms with van der Waals surface area (Å²) >= 11 is 0. The fourth-order valence-corrected chi connectivity index (χ4v) is 3.04. The molecule has 0 spiro atoms. The Bertz CT molecular complexity index is 433. The van der Waals surface area contributed by atoms with Gasteiger partial charge in [-0.2, -0.15) is 5.26 Å². The van der Waals surface area contributed by atoms with Gasteiger partial charge in [0.2, 0.25) is 0 Å². The van der Waals surface area contributed by atoms with Crippen molar-refractivity contribution in [2.75, 3.05) is 19.6 Å².